The molecule has 1 saturated carbocycles. The molecule has 444 valence electrons. The lowest BCUT2D eigenvalue weighted by atomic mass is 9.78. The van der Waals surface area contributed by atoms with E-state index in [0.29, 0.717) is 63.4 Å². The van der Waals surface area contributed by atoms with Crippen molar-refractivity contribution in [1.82, 2.24) is 4.90 Å². The molecule has 3 aliphatic heterocycles. The van der Waals surface area contributed by atoms with Crippen LogP contribution in [0, 0.1) is 40.9 Å². The van der Waals surface area contributed by atoms with Crippen LogP contribution in [-0.4, -0.2) is 158 Å². The Balaban J connectivity index is 1.68. The second-order valence-electron chi connectivity index (χ2n) is 23.1. The Bertz CT molecular complexity index is 2230. The molecular weight excluding hydrogens is 1020 g/mol. The molecule has 0 aromatic rings. The van der Waals surface area contributed by atoms with Gasteiger partial charge in [-0.3, -0.25) is 33.6 Å². The van der Waals surface area contributed by atoms with Gasteiger partial charge in [0.15, 0.2) is 5.78 Å². The number of ether oxygens (including phenoxy) is 8. The molecule has 2 saturated heterocycles. The standard InChI is InChI=1S/C60H91NO18/c1-35-19-15-14-16-20-36(2)49(72-11)31-45-24-22-41(7)60(71,79-45)55(67)56(68)61-26-18-17-21-46(61)57(69)77-50(32-47(64)37(3)28-40(6)53(66)54(74-13)52(65)39(5)27-35)38(4)29-44-23-25-48(51(30-44)73-12)78-58(70)59(10,33-75-42(8)62)34-76-43(9)63/h14-16,19-20,28,35,37-39,41,44-46,48-51,53-54,66,71H,17-18,21-27,29-34H2,1-13H3/b16-14+,19-15+,36-20+,40-28+/t35-,37-,38+,39-,41-,44+,45+,46+,48-,49+,50+,51-,53-,54+,60-/m1/s1. The molecule has 0 aromatic carbocycles. The van der Waals surface area contributed by atoms with Gasteiger partial charge in [0.05, 0.1) is 18.3 Å². The number of allylic oxidation sites excluding steroid dienone is 6. The van der Waals surface area contributed by atoms with Crippen molar-refractivity contribution >= 4 is 47.1 Å². The van der Waals surface area contributed by atoms with Gasteiger partial charge >= 0.3 is 23.9 Å². The summed E-state index contributed by atoms with van der Waals surface area (Å²) in [7, 11) is 4.40. The van der Waals surface area contributed by atoms with Crippen LogP contribution in [0.1, 0.15) is 146 Å². The van der Waals surface area contributed by atoms with Crippen LogP contribution < -0.4 is 0 Å². The van der Waals surface area contributed by atoms with Crippen LogP contribution in [0.25, 0.3) is 0 Å². The average molecular weight is 1110 g/mol. The number of aliphatic hydroxyl groups excluding tert-OH is 1. The SMILES string of the molecule is CO[C@H]1C[C@@H]2CC[C@@H](C)[C@@](O)(O2)C(=O)C(=O)N2CCCC[C@H]2C(=O)O[C@H]([C@@H](C)C[C@@H]2CC[C@@H](OC(=O)C(C)(COC(C)=O)COC(C)=O)[C@H](OC)C2)CC(=O)[C@H](C)/C=C(\C)[C@@H](O)[C@@H](OC)C(=O)[C@H](C)C[C@H](C)/C=C/C=C/C=C/1C. The summed E-state index contributed by atoms with van der Waals surface area (Å²) in [5.74, 6) is -10.9. The Morgan fingerprint density at radius 1 is 0.823 bits per heavy atom. The largest absolute Gasteiger partial charge is 0.465 e. The molecule has 19 nitrogen and oxygen atoms in total. The summed E-state index contributed by atoms with van der Waals surface area (Å²) < 4.78 is 46.1. The summed E-state index contributed by atoms with van der Waals surface area (Å²) in [6, 6.07) is -1.23. The number of fused-ring (bicyclic) bond motifs is 3. The monoisotopic (exact) mass is 1110 g/mol. The number of piperidine rings is 1. The highest BCUT2D eigenvalue weighted by Gasteiger charge is 2.53. The van der Waals surface area contributed by atoms with Gasteiger partial charge < -0.3 is 53.0 Å². The molecular formula is C60H91NO18. The highest BCUT2D eigenvalue weighted by molar-refractivity contribution is 6.39. The maximum Gasteiger partial charge on any atom is 0.329 e. The number of esters is 4. The summed E-state index contributed by atoms with van der Waals surface area (Å²) in [6.45, 7) is 15.6. The van der Waals surface area contributed by atoms with E-state index in [4.69, 9.17) is 37.9 Å². The van der Waals surface area contributed by atoms with Gasteiger partial charge in [-0.25, -0.2) is 4.79 Å². The maximum atomic E-state index is 14.6. The van der Waals surface area contributed by atoms with Crippen molar-refractivity contribution in [2.24, 2.45) is 40.9 Å². The van der Waals surface area contributed by atoms with Crippen molar-refractivity contribution < 1.29 is 86.5 Å². The maximum absolute atomic E-state index is 14.6. The molecule has 1 amide bonds. The van der Waals surface area contributed by atoms with Crippen LogP contribution in [0.2, 0.25) is 0 Å². The van der Waals surface area contributed by atoms with Crippen LogP contribution in [0.5, 0.6) is 0 Å². The predicted molar refractivity (Wildman–Crippen MR) is 290 cm³/mol. The van der Waals surface area contributed by atoms with Crippen molar-refractivity contribution in [3.05, 3.63) is 47.6 Å². The molecule has 3 heterocycles. The van der Waals surface area contributed by atoms with Crippen molar-refractivity contribution in [3.8, 4) is 0 Å². The second-order valence-corrected chi connectivity index (χ2v) is 23.1. The van der Waals surface area contributed by atoms with E-state index in [0.717, 1.165) is 10.5 Å². The number of carbonyl (C=O) groups is 8. The molecule has 0 radical (unpaired) electrons. The highest BCUT2D eigenvalue weighted by Crippen LogP contribution is 2.39. The number of rotatable bonds is 12. The third kappa shape index (κ3) is 18.6. The zero-order chi connectivity index (χ0) is 58.9. The molecule has 4 rings (SSSR count). The minimum atomic E-state index is -2.49. The highest BCUT2D eigenvalue weighted by atomic mass is 16.6. The lowest BCUT2D eigenvalue weighted by Gasteiger charge is -2.42. The normalized spacial score (nSPS) is 35.3. The van der Waals surface area contributed by atoms with E-state index in [1.54, 1.807) is 40.9 Å². The van der Waals surface area contributed by atoms with Crippen molar-refractivity contribution in [3.63, 3.8) is 0 Å². The second kappa shape index (κ2) is 30.8. The molecule has 2 bridgehead atoms. The molecule has 2 N–H and O–H groups in total. The zero-order valence-corrected chi connectivity index (χ0v) is 49.0. The average Bonchev–Trinajstić information content (AvgIpc) is 3.42. The molecule has 0 spiro atoms. The summed E-state index contributed by atoms with van der Waals surface area (Å²) in [6.07, 6.45) is 9.20. The van der Waals surface area contributed by atoms with Crippen molar-refractivity contribution in [2.75, 3.05) is 41.1 Å². The summed E-state index contributed by atoms with van der Waals surface area (Å²) >= 11 is 0. The Kier molecular flexibility index (Phi) is 25.9. The van der Waals surface area contributed by atoms with Gasteiger partial charge in [0.25, 0.3) is 11.7 Å². The minimum absolute atomic E-state index is 0.0189. The number of hydrogen-bond donors (Lipinski definition) is 2. The first kappa shape index (κ1) is 66.6. The summed E-state index contributed by atoms with van der Waals surface area (Å²) in [5.41, 5.74) is -0.316. The first-order chi connectivity index (χ1) is 37.2. The quantitative estimate of drug-likeness (QED) is 0.0875. The minimum Gasteiger partial charge on any atom is -0.465 e. The van der Waals surface area contributed by atoms with E-state index in [-0.39, 0.29) is 62.4 Å². The smallest absolute Gasteiger partial charge is 0.329 e. The molecule has 0 unspecified atom stereocenters. The van der Waals surface area contributed by atoms with Gasteiger partial charge in [0.1, 0.15) is 54.9 Å². The number of carbonyl (C=O) groups excluding carboxylic acids is 8. The van der Waals surface area contributed by atoms with E-state index >= 15 is 0 Å². The lowest BCUT2D eigenvalue weighted by molar-refractivity contribution is -0.265. The number of cyclic esters (lactones) is 1. The fourth-order valence-electron chi connectivity index (χ4n) is 11.2. The molecule has 79 heavy (non-hydrogen) atoms. The number of aliphatic hydroxyl groups is 2. The number of ketones is 3. The molecule has 3 fully saturated rings. The van der Waals surface area contributed by atoms with E-state index in [9.17, 15) is 48.6 Å². The van der Waals surface area contributed by atoms with E-state index < -0.39 is 119 Å². The van der Waals surface area contributed by atoms with E-state index in [1.165, 1.54) is 35.0 Å². The van der Waals surface area contributed by atoms with Gasteiger partial charge in [0, 0.05) is 72.3 Å². The Morgan fingerprint density at radius 3 is 2.11 bits per heavy atom. The van der Waals surface area contributed by atoms with Crippen LogP contribution in [-0.2, 0) is 76.3 Å². The first-order valence-corrected chi connectivity index (χ1v) is 28.2. The van der Waals surface area contributed by atoms with Gasteiger partial charge in [-0.2, -0.15) is 0 Å². The zero-order valence-electron chi connectivity index (χ0n) is 49.0. The van der Waals surface area contributed by atoms with Crippen LogP contribution in [0.4, 0.5) is 0 Å². The van der Waals surface area contributed by atoms with Gasteiger partial charge in [-0.05, 0) is 114 Å². The molecule has 15 atom stereocenters. The first-order valence-electron chi connectivity index (χ1n) is 28.2. The summed E-state index contributed by atoms with van der Waals surface area (Å²) in [4.78, 5) is 110. The fourth-order valence-corrected chi connectivity index (χ4v) is 11.2. The number of Topliss-reactive ketones (excluding diaryl/α,β-unsaturated/α-hetero) is 3. The number of hydrogen-bond acceptors (Lipinski definition) is 18. The Labute approximate surface area is 467 Å². The molecule has 19 heteroatoms. The third-order valence-corrected chi connectivity index (χ3v) is 16.4. The van der Waals surface area contributed by atoms with Crippen LogP contribution >= 0.6 is 0 Å². The predicted octanol–water partition coefficient (Wildman–Crippen LogP) is 6.86. The Morgan fingerprint density at radius 2 is 1.49 bits per heavy atom. The fraction of sp³-hybridized carbons (Fsp3) is 0.733. The molecule has 4 aliphatic rings. The topological polar surface area (TPSA) is 254 Å². The van der Waals surface area contributed by atoms with E-state index in [1.807, 2.05) is 51.2 Å². The number of amides is 1. The molecule has 1 aliphatic carbocycles. The van der Waals surface area contributed by atoms with E-state index in [2.05, 4.69) is 0 Å². The summed E-state index contributed by atoms with van der Waals surface area (Å²) in [5, 5.41) is 23.6. The van der Waals surface area contributed by atoms with Gasteiger partial charge in [-0.1, -0.05) is 71.1 Å². The van der Waals surface area contributed by atoms with Gasteiger partial charge in [-0.15, -0.1) is 0 Å². The van der Waals surface area contributed by atoms with Crippen molar-refractivity contribution in [1.29, 1.82) is 0 Å². The van der Waals surface area contributed by atoms with Gasteiger partial charge in [0.2, 0.25) is 5.79 Å². The number of methoxy groups -OCH3 is 3. The lowest BCUT2D eigenvalue weighted by Crippen LogP contribution is -2.61. The van der Waals surface area contributed by atoms with Crippen LogP contribution in [0.15, 0.2) is 47.6 Å². The third-order valence-electron chi connectivity index (χ3n) is 16.4. The Hall–Kier alpha value is -4.92. The van der Waals surface area contributed by atoms with Crippen molar-refractivity contribution in [2.45, 2.75) is 201 Å². The molecule has 0 aromatic heterocycles. The van der Waals surface area contributed by atoms with Crippen LogP contribution in [0.3, 0.4) is 0 Å². The number of nitrogens with zero attached hydrogens (tertiary/aromatic N) is 1.